The molecule has 1 saturated heterocycles. The highest BCUT2D eigenvalue weighted by molar-refractivity contribution is 7.09. The van der Waals surface area contributed by atoms with Crippen molar-refractivity contribution in [3.8, 4) is 0 Å². The molecule has 0 radical (unpaired) electrons. The number of nitrogens with zero attached hydrogens (tertiary/aromatic N) is 2. The second-order valence-corrected chi connectivity index (χ2v) is 6.86. The number of thiazole rings is 1. The standard InChI is InChI=1S/C14H22N4O2S/c1-5-14(4,10-15-7-9-21-10)16-6-8-18-11(19)13(2,3)17-12(18)20/h7,9,16H,5-6,8H2,1-4H3,(H,17,20)/t14-/m0/s1. The second-order valence-electron chi connectivity index (χ2n) is 5.96. The first-order chi connectivity index (χ1) is 9.80. The van der Waals surface area contributed by atoms with Crippen LogP contribution in [-0.2, 0) is 10.3 Å². The highest BCUT2D eigenvalue weighted by Crippen LogP contribution is 2.26. The van der Waals surface area contributed by atoms with Crippen molar-refractivity contribution in [2.45, 2.75) is 45.2 Å². The van der Waals surface area contributed by atoms with Crippen LogP contribution in [0.2, 0.25) is 0 Å². The van der Waals surface area contributed by atoms with Crippen molar-refractivity contribution in [1.82, 2.24) is 20.5 Å². The Morgan fingerprint density at radius 3 is 2.67 bits per heavy atom. The number of amides is 3. The molecule has 6 nitrogen and oxygen atoms in total. The van der Waals surface area contributed by atoms with Gasteiger partial charge in [-0.15, -0.1) is 11.3 Å². The molecule has 2 rings (SSSR count). The Morgan fingerprint density at radius 2 is 2.19 bits per heavy atom. The molecule has 7 heteroatoms. The van der Waals surface area contributed by atoms with Gasteiger partial charge in [0.05, 0.1) is 5.54 Å². The van der Waals surface area contributed by atoms with Gasteiger partial charge >= 0.3 is 6.03 Å². The molecule has 1 aromatic rings. The van der Waals surface area contributed by atoms with Crippen LogP contribution in [0.5, 0.6) is 0 Å². The van der Waals surface area contributed by atoms with E-state index in [0.717, 1.165) is 11.4 Å². The smallest absolute Gasteiger partial charge is 0.324 e. The summed E-state index contributed by atoms with van der Waals surface area (Å²) in [5.41, 5.74) is -1.04. The predicted octanol–water partition coefficient (Wildman–Crippen LogP) is 1.69. The van der Waals surface area contributed by atoms with Crippen molar-refractivity contribution in [3.05, 3.63) is 16.6 Å². The molecule has 0 spiro atoms. The molecule has 1 aliphatic rings. The van der Waals surface area contributed by atoms with Crippen LogP contribution in [0.4, 0.5) is 4.79 Å². The highest BCUT2D eigenvalue weighted by Gasteiger charge is 2.44. The van der Waals surface area contributed by atoms with E-state index in [-0.39, 0.29) is 17.5 Å². The van der Waals surface area contributed by atoms with Gasteiger partial charge in [-0.1, -0.05) is 6.92 Å². The zero-order valence-corrected chi connectivity index (χ0v) is 13.7. The zero-order valence-electron chi connectivity index (χ0n) is 12.9. The lowest BCUT2D eigenvalue weighted by Crippen LogP contribution is -2.45. The Morgan fingerprint density at radius 1 is 1.48 bits per heavy atom. The van der Waals surface area contributed by atoms with Gasteiger partial charge in [0.1, 0.15) is 10.5 Å². The quantitative estimate of drug-likeness (QED) is 0.784. The van der Waals surface area contributed by atoms with E-state index in [1.54, 1.807) is 31.4 Å². The van der Waals surface area contributed by atoms with Crippen LogP contribution in [0, 0.1) is 0 Å². The summed E-state index contributed by atoms with van der Waals surface area (Å²) in [7, 11) is 0. The highest BCUT2D eigenvalue weighted by atomic mass is 32.1. The first-order valence-electron chi connectivity index (χ1n) is 7.09. The molecule has 2 N–H and O–H groups in total. The van der Waals surface area contributed by atoms with Gasteiger partial charge in [-0.25, -0.2) is 9.78 Å². The van der Waals surface area contributed by atoms with E-state index in [9.17, 15) is 9.59 Å². The number of nitrogens with one attached hydrogen (secondary N) is 2. The monoisotopic (exact) mass is 310 g/mol. The maximum absolute atomic E-state index is 12.1. The molecular weight excluding hydrogens is 288 g/mol. The van der Waals surface area contributed by atoms with E-state index in [4.69, 9.17) is 0 Å². The first kappa shape index (κ1) is 15.9. The van der Waals surface area contributed by atoms with Gasteiger partial charge in [0.2, 0.25) is 0 Å². The fourth-order valence-electron chi connectivity index (χ4n) is 2.31. The summed E-state index contributed by atoms with van der Waals surface area (Å²) in [4.78, 5) is 29.5. The molecule has 0 unspecified atom stereocenters. The van der Waals surface area contributed by atoms with Crippen molar-refractivity contribution in [1.29, 1.82) is 0 Å². The maximum atomic E-state index is 12.1. The van der Waals surface area contributed by atoms with Gasteiger partial charge in [0.25, 0.3) is 5.91 Å². The third kappa shape index (κ3) is 3.08. The summed E-state index contributed by atoms with van der Waals surface area (Å²) < 4.78 is 0. The van der Waals surface area contributed by atoms with Crippen LogP contribution >= 0.6 is 11.3 Å². The summed E-state index contributed by atoms with van der Waals surface area (Å²) in [6.07, 6.45) is 2.67. The van der Waals surface area contributed by atoms with Gasteiger partial charge in [-0.3, -0.25) is 9.69 Å². The topological polar surface area (TPSA) is 74.3 Å². The Bertz CT molecular complexity index is 529. The number of urea groups is 1. The summed E-state index contributed by atoms with van der Waals surface area (Å²) in [5.74, 6) is -0.179. The SMILES string of the molecule is CC[C@](C)(NCCN1C(=O)NC(C)(C)C1=O)c1nccs1. The summed E-state index contributed by atoms with van der Waals surface area (Å²) in [5, 5.41) is 9.06. The molecule has 1 aromatic heterocycles. The Balaban J connectivity index is 1.95. The van der Waals surface area contributed by atoms with E-state index in [1.165, 1.54) is 4.90 Å². The van der Waals surface area contributed by atoms with Gasteiger partial charge in [0, 0.05) is 24.7 Å². The molecule has 21 heavy (non-hydrogen) atoms. The van der Waals surface area contributed by atoms with E-state index in [1.807, 2.05) is 5.38 Å². The van der Waals surface area contributed by atoms with Crippen molar-refractivity contribution in [2.24, 2.45) is 0 Å². The fourth-order valence-corrected chi connectivity index (χ4v) is 3.16. The van der Waals surface area contributed by atoms with Crippen molar-refractivity contribution >= 4 is 23.3 Å². The lowest BCUT2D eigenvalue weighted by atomic mass is 10.00. The van der Waals surface area contributed by atoms with Gasteiger partial charge in [-0.05, 0) is 27.2 Å². The van der Waals surface area contributed by atoms with Crippen LogP contribution in [-0.4, -0.2) is 40.5 Å². The average molecular weight is 310 g/mol. The molecule has 0 saturated carbocycles. The minimum atomic E-state index is -0.805. The summed E-state index contributed by atoms with van der Waals surface area (Å²) in [6, 6.07) is -0.320. The minimum absolute atomic E-state index is 0.179. The number of imide groups is 1. The minimum Gasteiger partial charge on any atom is -0.324 e. The lowest BCUT2D eigenvalue weighted by Gasteiger charge is -2.28. The number of hydrogen-bond acceptors (Lipinski definition) is 5. The second kappa shape index (κ2) is 5.73. The van der Waals surface area contributed by atoms with Crippen LogP contribution in [0.25, 0.3) is 0 Å². The van der Waals surface area contributed by atoms with Gasteiger partial charge in [0.15, 0.2) is 0 Å². The molecule has 0 aliphatic carbocycles. The number of aromatic nitrogens is 1. The Kier molecular flexibility index (Phi) is 4.34. The zero-order chi connectivity index (χ0) is 15.7. The number of carbonyl (C=O) groups is 2. The molecule has 1 aliphatic heterocycles. The average Bonchev–Trinajstić information content (AvgIpc) is 3.01. The van der Waals surface area contributed by atoms with E-state index < -0.39 is 5.54 Å². The van der Waals surface area contributed by atoms with Crippen molar-refractivity contribution < 1.29 is 9.59 Å². The molecule has 1 atom stereocenters. The molecule has 2 heterocycles. The van der Waals surface area contributed by atoms with Crippen molar-refractivity contribution in [3.63, 3.8) is 0 Å². The number of rotatable bonds is 6. The summed E-state index contributed by atoms with van der Waals surface area (Å²) in [6.45, 7) is 8.50. The fraction of sp³-hybridized carbons (Fsp3) is 0.643. The maximum Gasteiger partial charge on any atom is 0.325 e. The van der Waals surface area contributed by atoms with Gasteiger partial charge < -0.3 is 10.6 Å². The predicted molar refractivity (Wildman–Crippen MR) is 82.1 cm³/mol. The van der Waals surface area contributed by atoms with Gasteiger partial charge in [-0.2, -0.15) is 0 Å². The third-order valence-electron chi connectivity index (χ3n) is 3.91. The molecule has 1 fully saturated rings. The normalized spacial score (nSPS) is 20.5. The number of carbonyl (C=O) groups excluding carboxylic acids is 2. The van der Waals surface area contributed by atoms with E-state index in [2.05, 4.69) is 29.5 Å². The third-order valence-corrected chi connectivity index (χ3v) is 4.94. The molecule has 3 amide bonds. The van der Waals surface area contributed by atoms with Crippen LogP contribution in [0.3, 0.4) is 0 Å². The molecule has 0 aromatic carbocycles. The largest absolute Gasteiger partial charge is 0.325 e. The van der Waals surface area contributed by atoms with Crippen molar-refractivity contribution in [2.75, 3.05) is 13.1 Å². The Labute approximate surface area is 128 Å². The molecular formula is C14H22N4O2S. The van der Waals surface area contributed by atoms with Crippen LogP contribution in [0.15, 0.2) is 11.6 Å². The van der Waals surface area contributed by atoms with Crippen LogP contribution in [0.1, 0.15) is 39.1 Å². The van der Waals surface area contributed by atoms with E-state index >= 15 is 0 Å². The Hall–Kier alpha value is -1.47. The number of hydrogen-bond donors (Lipinski definition) is 2. The molecule has 0 bridgehead atoms. The van der Waals surface area contributed by atoms with Crippen LogP contribution < -0.4 is 10.6 Å². The lowest BCUT2D eigenvalue weighted by molar-refractivity contribution is -0.130. The molecule has 116 valence electrons. The first-order valence-corrected chi connectivity index (χ1v) is 7.97. The van der Waals surface area contributed by atoms with E-state index in [0.29, 0.717) is 13.1 Å². The summed E-state index contributed by atoms with van der Waals surface area (Å²) >= 11 is 1.60.